The van der Waals surface area contributed by atoms with Crippen LogP contribution < -0.4 is 0 Å². The van der Waals surface area contributed by atoms with Crippen molar-refractivity contribution in [2.75, 3.05) is 6.61 Å². The molecule has 0 aliphatic rings. The van der Waals surface area contributed by atoms with Crippen molar-refractivity contribution in [2.24, 2.45) is 5.41 Å². The van der Waals surface area contributed by atoms with Gasteiger partial charge in [-0.05, 0) is 30.9 Å². The molecule has 1 aromatic rings. The van der Waals surface area contributed by atoms with Gasteiger partial charge in [-0.25, -0.2) is 0 Å². The van der Waals surface area contributed by atoms with Gasteiger partial charge >= 0.3 is 0 Å². The molecule has 0 fully saturated rings. The van der Waals surface area contributed by atoms with Gasteiger partial charge < -0.3 is 4.74 Å². The summed E-state index contributed by atoms with van der Waals surface area (Å²) in [6.07, 6.45) is 2.77. The van der Waals surface area contributed by atoms with Crippen molar-refractivity contribution in [3.8, 4) is 0 Å². The van der Waals surface area contributed by atoms with Gasteiger partial charge in [0.15, 0.2) is 0 Å². The van der Waals surface area contributed by atoms with Crippen molar-refractivity contribution in [2.45, 2.75) is 46.6 Å². The summed E-state index contributed by atoms with van der Waals surface area (Å²) < 4.78 is 6.07. The van der Waals surface area contributed by atoms with E-state index in [9.17, 15) is 0 Å². The number of nitrogens with zero attached hydrogens (tertiary/aromatic N) is 1. The van der Waals surface area contributed by atoms with Gasteiger partial charge in [-0.1, -0.05) is 33.8 Å². The number of ether oxygens (including phenoxy) is 1. The Balaban J connectivity index is 3.23. The van der Waals surface area contributed by atoms with Crippen molar-refractivity contribution in [1.29, 1.82) is 0 Å². The van der Waals surface area contributed by atoms with E-state index in [1.54, 1.807) is 0 Å². The predicted octanol–water partition coefficient (Wildman–Crippen LogP) is 3.77. The van der Waals surface area contributed by atoms with Crippen molar-refractivity contribution in [1.82, 2.24) is 4.98 Å². The fourth-order valence-electron chi connectivity index (χ4n) is 2.34. The first-order valence-electron chi connectivity index (χ1n) is 6.03. The van der Waals surface area contributed by atoms with Crippen LogP contribution in [0.4, 0.5) is 0 Å². The second kappa shape index (κ2) is 4.96. The zero-order chi connectivity index (χ0) is 12.2. The Labute approximate surface area is 99.0 Å². The fourth-order valence-corrected chi connectivity index (χ4v) is 2.34. The molecule has 0 amide bonds. The van der Waals surface area contributed by atoms with Crippen molar-refractivity contribution < 1.29 is 4.74 Å². The zero-order valence-corrected chi connectivity index (χ0v) is 11.1. The molecule has 1 rings (SSSR count). The van der Waals surface area contributed by atoms with Gasteiger partial charge in [0.05, 0.1) is 5.69 Å². The average Bonchev–Trinajstić information content (AvgIpc) is 2.25. The molecule has 0 aromatic carbocycles. The molecule has 0 N–H and O–H groups in total. The summed E-state index contributed by atoms with van der Waals surface area (Å²) in [4.78, 5) is 4.48. The normalized spacial score (nSPS) is 15.8. The molecule has 16 heavy (non-hydrogen) atoms. The lowest BCUT2D eigenvalue weighted by Crippen LogP contribution is -2.43. The quantitative estimate of drug-likeness (QED) is 0.772. The Morgan fingerprint density at radius 1 is 1.19 bits per heavy atom. The van der Waals surface area contributed by atoms with Gasteiger partial charge in [0.25, 0.3) is 0 Å². The maximum absolute atomic E-state index is 6.07. The molecule has 90 valence electrons. The summed E-state index contributed by atoms with van der Waals surface area (Å²) in [6.45, 7) is 11.5. The van der Waals surface area contributed by atoms with Crippen LogP contribution in [0, 0.1) is 5.41 Å². The number of hydrogen-bond donors (Lipinski definition) is 0. The lowest BCUT2D eigenvalue weighted by Gasteiger charge is -2.43. The number of aromatic nitrogens is 1. The predicted molar refractivity (Wildman–Crippen MR) is 67.3 cm³/mol. The highest BCUT2D eigenvalue weighted by atomic mass is 16.5. The Morgan fingerprint density at radius 3 is 2.25 bits per heavy atom. The van der Waals surface area contributed by atoms with Crippen molar-refractivity contribution in [3.05, 3.63) is 30.1 Å². The molecule has 2 heteroatoms. The summed E-state index contributed by atoms with van der Waals surface area (Å²) in [6, 6.07) is 6.03. The molecule has 0 saturated heterocycles. The summed E-state index contributed by atoms with van der Waals surface area (Å²) in [5, 5.41) is 0. The summed E-state index contributed by atoms with van der Waals surface area (Å²) >= 11 is 0. The summed E-state index contributed by atoms with van der Waals surface area (Å²) in [5.74, 6) is 0. The van der Waals surface area contributed by atoms with Gasteiger partial charge in [-0.3, -0.25) is 4.98 Å². The molecular formula is C14H23NO. The third-order valence-electron chi connectivity index (χ3n) is 3.18. The molecule has 0 aliphatic heterocycles. The topological polar surface area (TPSA) is 22.1 Å². The van der Waals surface area contributed by atoms with Crippen LogP contribution in [-0.2, 0) is 10.3 Å². The molecule has 1 heterocycles. The largest absolute Gasteiger partial charge is 0.368 e. The van der Waals surface area contributed by atoms with E-state index in [1.165, 1.54) is 0 Å². The second-order valence-electron chi connectivity index (χ2n) is 5.08. The van der Waals surface area contributed by atoms with E-state index in [4.69, 9.17) is 4.74 Å². The van der Waals surface area contributed by atoms with Crippen LogP contribution in [0.5, 0.6) is 0 Å². The number of pyridine rings is 1. The number of hydrogen-bond acceptors (Lipinski definition) is 2. The van der Waals surface area contributed by atoms with Crippen LogP contribution >= 0.6 is 0 Å². The minimum absolute atomic E-state index is 0.0338. The Kier molecular flexibility index (Phi) is 4.09. The smallest absolute Gasteiger partial charge is 0.114 e. The zero-order valence-electron chi connectivity index (χ0n) is 11.1. The molecule has 0 radical (unpaired) electrons. The van der Waals surface area contributed by atoms with Gasteiger partial charge in [-0.2, -0.15) is 0 Å². The Hall–Kier alpha value is -0.890. The van der Waals surface area contributed by atoms with Crippen LogP contribution in [0.3, 0.4) is 0 Å². The van der Waals surface area contributed by atoms with Crippen LogP contribution in [0.25, 0.3) is 0 Å². The molecule has 0 bridgehead atoms. The third-order valence-corrected chi connectivity index (χ3v) is 3.18. The van der Waals surface area contributed by atoms with Crippen molar-refractivity contribution >= 4 is 0 Å². The molecule has 1 atom stereocenters. The van der Waals surface area contributed by atoms with E-state index in [1.807, 2.05) is 25.3 Å². The van der Waals surface area contributed by atoms with E-state index < -0.39 is 0 Å². The Bertz CT molecular complexity index is 315. The third kappa shape index (κ3) is 2.27. The minimum Gasteiger partial charge on any atom is -0.368 e. The number of rotatable bonds is 4. The molecule has 1 aromatic heterocycles. The van der Waals surface area contributed by atoms with Gasteiger partial charge in [0.2, 0.25) is 0 Å². The van der Waals surface area contributed by atoms with E-state index in [0.29, 0.717) is 6.61 Å². The molecule has 2 nitrogen and oxygen atoms in total. The lowest BCUT2D eigenvalue weighted by atomic mass is 9.72. The van der Waals surface area contributed by atoms with Gasteiger partial charge in [0.1, 0.15) is 5.60 Å². The lowest BCUT2D eigenvalue weighted by molar-refractivity contribution is -0.125. The Morgan fingerprint density at radius 2 is 1.88 bits per heavy atom. The van der Waals surface area contributed by atoms with E-state index in [0.717, 1.165) is 12.1 Å². The maximum Gasteiger partial charge on any atom is 0.114 e. The molecule has 0 spiro atoms. The van der Waals surface area contributed by atoms with Crippen LogP contribution in [0.15, 0.2) is 24.4 Å². The first-order chi connectivity index (χ1) is 7.48. The summed E-state index contributed by atoms with van der Waals surface area (Å²) in [7, 11) is 0. The highest BCUT2D eigenvalue weighted by Crippen LogP contribution is 2.44. The highest BCUT2D eigenvalue weighted by Gasteiger charge is 2.43. The first-order valence-corrected chi connectivity index (χ1v) is 6.03. The van der Waals surface area contributed by atoms with E-state index in [2.05, 4.69) is 38.7 Å². The molecule has 1 unspecified atom stereocenters. The van der Waals surface area contributed by atoms with Crippen LogP contribution in [0.2, 0.25) is 0 Å². The monoisotopic (exact) mass is 221 g/mol. The van der Waals surface area contributed by atoms with Crippen LogP contribution in [0.1, 0.15) is 46.7 Å². The molecular weight excluding hydrogens is 198 g/mol. The molecule has 0 saturated carbocycles. The van der Waals surface area contributed by atoms with Crippen molar-refractivity contribution in [3.63, 3.8) is 0 Å². The average molecular weight is 221 g/mol. The summed E-state index contributed by atoms with van der Waals surface area (Å²) in [5.41, 5.74) is 0.779. The van der Waals surface area contributed by atoms with E-state index in [-0.39, 0.29) is 11.0 Å². The first kappa shape index (κ1) is 13.2. The van der Waals surface area contributed by atoms with Crippen LogP contribution in [-0.4, -0.2) is 11.6 Å². The SMILES string of the molecule is CCOC(CC)(c1ccccn1)C(C)(C)C. The van der Waals surface area contributed by atoms with E-state index >= 15 is 0 Å². The highest BCUT2D eigenvalue weighted by molar-refractivity contribution is 5.16. The maximum atomic E-state index is 6.07. The standard InChI is InChI=1S/C14H23NO/c1-6-14(16-7-2,13(3,4)5)12-10-8-9-11-15-12/h8-11H,6-7H2,1-5H3. The van der Waals surface area contributed by atoms with Gasteiger partial charge in [-0.15, -0.1) is 0 Å². The van der Waals surface area contributed by atoms with Gasteiger partial charge in [0, 0.05) is 12.8 Å². The molecule has 0 aliphatic carbocycles. The fraction of sp³-hybridized carbons (Fsp3) is 0.643. The second-order valence-corrected chi connectivity index (χ2v) is 5.08. The minimum atomic E-state index is -0.289.